The van der Waals surface area contributed by atoms with E-state index in [0.29, 0.717) is 24.8 Å². The summed E-state index contributed by atoms with van der Waals surface area (Å²) in [5, 5.41) is 12.4. The Morgan fingerprint density at radius 2 is 1.90 bits per heavy atom. The predicted octanol–water partition coefficient (Wildman–Crippen LogP) is -0.167. The molecular weight excluding hydrogens is 280 g/mol. The summed E-state index contributed by atoms with van der Waals surface area (Å²) >= 11 is 0. The van der Waals surface area contributed by atoms with Crippen molar-refractivity contribution in [2.75, 3.05) is 31.1 Å². The molecule has 0 radical (unpaired) electrons. The second kappa shape index (κ2) is 5.18. The van der Waals surface area contributed by atoms with Crippen LogP contribution >= 0.6 is 0 Å². The van der Waals surface area contributed by atoms with Crippen LogP contribution in [0, 0.1) is 17.8 Å². The third-order valence-electron chi connectivity index (χ3n) is 4.88. The average molecular weight is 302 g/mol. The number of hydrogen-bond acceptors (Lipinski definition) is 4. The van der Waals surface area contributed by atoms with Gasteiger partial charge in [0.2, 0.25) is 0 Å². The number of aliphatic hydroxyl groups is 1. The van der Waals surface area contributed by atoms with Crippen molar-refractivity contribution in [1.82, 2.24) is 10.2 Å². The fourth-order valence-corrected chi connectivity index (χ4v) is 5.67. The molecule has 6 nitrogen and oxygen atoms in total. The molecule has 3 aliphatic rings. The lowest BCUT2D eigenvalue weighted by molar-refractivity contribution is 0.160. The smallest absolute Gasteiger partial charge is 0.317 e. The molecule has 3 rings (SSSR count). The predicted molar refractivity (Wildman–Crippen MR) is 74.0 cm³/mol. The normalized spacial score (nSPS) is 39.0. The van der Waals surface area contributed by atoms with Crippen LogP contribution < -0.4 is 5.32 Å². The zero-order valence-electron chi connectivity index (χ0n) is 11.5. The van der Waals surface area contributed by atoms with Crippen LogP contribution in [0.1, 0.15) is 19.3 Å². The van der Waals surface area contributed by atoms with Crippen molar-refractivity contribution in [3.05, 3.63) is 0 Å². The minimum Gasteiger partial charge on any atom is -0.393 e. The van der Waals surface area contributed by atoms with E-state index in [1.54, 1.807) is 0 Å². The number of amides is 2. The van der Waals surface area contributed by atoms with Crippen LogP contribution in [0.5, 0.6) is 0 Å². The first kappa shape index (κ1) is 14.1. The zero-order chi connectivity index (χ0) is 14.3. The van der Waals surface area contributed by atoms with Gasteiger partial charge in [-0.15, -0.1) is 0 Å². The van der Waals surface area contributed by atoms with E-state index in [1.807, 2.05) is 4.90 Å². The molecule has 4 atom stereocenters. The van der Waals surface area contributed by atoms with Crippen molar-refractivity contribution in [3.8, 4) is 0 Å². The highest BCUT2D eigenvalue weighted by molar-refractivity contribution is 7.91. The van der Waals surface area contributed by atoms with Gasteiger partial charge >= 0.3 is 6.03 Å². The molecule has 2 unspecified atom stereocenters. The van der Waals surface area contributed by atoms with E-state index in [1.165, 1.54) is 0 Å². The summed E-state index contributed by atoms with van der Waals surface area (Å²) in [5.41, 5.74) is 0. The van der Waals surface area contributed by atoms with E-state index in [4.69, 9.17) is 0 Å². The molecule has 0 aromatic rings. The van der Waals surface area contributed by atoms with Gasteiger partial charge in [-0.2, -0.15) is 0 Å². The Bertz CT molecular complexity index is 479. The summed E-state index contributed by atoms with van der Waals surface area (Å²) in [6.45, 7) is 1.89. The molecule has 0 spiro atoms. The molecule has 3 fully saturated rings. The third-order valence-corrected chi connectivity index (χ3v) is 6.72. The van der Waals surface area contributed by atoms with Crippen molar-refractivity contribution in [2.45, 2.75) is 25.4 Å². The quantitative estimate of drug-likeness (QED) is 0.742. The number of likely N-dealkylation sites (tertiary alicyclic amines) is 1. The highest BCUT2D eigenvalue weighted by Gasteiger charge is 2.41. The van der Waals surface area contributed by atoms with Crippen molar-refractivity contribution >= 4 is 15.9 Å². The SMILES string of the molecule is O=C(NCC1CCS(=O)(=O)C1)N1C[C@H]2CC(O)C[C@H]2C1. The molecule has 2 aliphatic heterocycles. The molecule has 1 aliphatic carbocycles. The highest BCUT2D eigenvalue weighted by Crippen LogP contribution is 2.37. The second-order valence-electron chi connectivity index (χ2n) is 6.51. The molecule has 2 saturated heterocycles. The first-order valence-corrected chi connectivity index (χ1v) is 9.16. The minimum atomic E-state index is -2.87. The van der Waals surface area contributed by atoms with Gasteiger partial charge in [-0.05, 0) is 37.0 Å². The van der Waals surface area contributed by atoms with Crippen molar-refractivity contribution in [3.63, 3.8) is 0 Å². The molecular formula is C13H22N2O4S. The van der Waals surface area contributed by atoms with Crippen LogP contribution in [0.4, 0.5) is 4.79 Å². The molecule has 2 heterocycles. The van der Waals surface area contributed by atoms with Crippen molar-refractivity contribution < 1.29 is 18.3 Å². The minimum absolute atomic E-state index is 0.0628. The van der Waals surface area contributed by atoms with E-state index >= 15 is 0 Å². The lowest BCUT2D eigenvalue weighted by Crippen LogP contribution is -2.41. The van der Waals surface area contributed by atoms with Gasteiger partial charge in [0.05, 0.1) is 17.6 Å². The number of urea groups is 1. The summed E-state index contributed by atoms with van der Waals surface area (Å²) in [6.07, 6.45) is 2.06. The number of sulfone groups is 1. The van der Waals surface area contributed by atoms with Gasteiger partial charge in [0.25, 0.3) is 0 Å². The monoisotopic (exact) mass is 302 g/mol. The molecule has 0 aromatic heterocycles. The number of rotatable bonds is 2. The Labute approximate surface area is 119 Å². The summed E-state index contributed by atoms with van der Waals surface area (Å²) in [5.74, 6) is 1.38. The van der Waals surface area contributed by atoms with Crippen LogP contribution in [-0.4, -0.2) is 61.7 Å². The summed E-state index contributed by atoms with van der Waals surface area (Å²) in [4.78, 5) is 13.9. The van der Waals surface area contributed by atoms with Crippen LogP contribution in [0.3, 0.4) is 0 Å². The number of aliphatic hydroxyl groups excluding tert-OH is 1. The van der Waals surface area contributed by atoms with Crippen LogP contribution in [0.2, 0.25) is 0 Å². The first-order chi connectivity index (χ1) is 9.43. The van der Waals surface area contributed by atoms with E-state index in [-0.39, 0.29) is 29.6 Å². The van der Waals surface area contributed by atoms with Gasteiger partial charge in [0.1, 0.15) is 0 Å². The van der Waals surface area contributed by atoms with Gasteiger partial charge < -0.3 is 15.3 Å². The highest BCUT2D eigenvalue weighted by atomic mass is 32.2. The number of carbonyl (C=O) groups is 1. The van der Waals surface area contributed by atoms with E-state index in [9.17, 15) is 18.3 Å². The van der Waals surface area contributed by atoms with Gasteiger partial charge in [-0.25, -0.2) is 13.2 Å². The molecule has 114 valence electrons. The van der Waals surface area contributed by atoms with Crippen LogP contribution in [-0.2, 0) is 9.84 Å². The lowest BCUT2D eigenvalue weighted by Gasteiger charge is -2.20. The average Bonchev–Trinajstić information content (AvgIpc) is 2.98. The van der Waals surface area contributed by atoms with E-state index in [0.717, 1.165) is 25.9 Å². The van der Waals surface area contributed by atoms with Gasteiger partial charge in [-0.1, -0.05) is 0 Å². The maximum absolute atomic E-state index is 12.1. The fraction of sp³-hybridized carbons (Fsp3) is 0.923. The number of nitrogens with zero attached hydrogens (tertiary/aromatic N) is 1. The molecule has 20 heavy (non-hydrogen) atoms. The fourth-order valence-electron chi connectivity index (χ4n) is 3.81. The van der Waals surface area contributed by atoms with Gasteiger partial charge in [0, 0.05) is 19.6 Å². The topological polar surface area (TPSA) is 86.7 Å². The molecule has 0 bridgehead atoms. The molecule has 2 amide bonds. The molecule has 0 aromatic carbocycles. The number of nitrogens with one attached hydrogen (secondary N) is 1. The number of hydrogen-bond donors (Lipinski definition) is 2. The molecule has 7 heteroatoms. The largest absolute Gasteiger partial charge is 0.393 e. The van der Waals surface area contributed by atoms with Gasteiger partial charge in [-0.3, -0.25) is 0 Å². The summed E-state index contributed by atoms with van der Waals surface area (Å²) < 4.78 is 22.7. The molecule has 1 saturated carbocycles. The second-order valence-corrected chi connectivity index (χ2v) is 8.73. The van der Waals surface area contributed by atoms with Crippen LogP contribution in [0.15, 0.2) is 0 Å². The maximum atomic E-state index is 12.1. The van der Waals surface area contributed by atoms with Crippen LogP contribution in [0.25, 0.3) is 0 Å². The summed E-state index contributed by atoms with van der Waals surface area (Å²) in [6, 6.07) is -0.0850. The van der Waals surface area contributed by atoms with Crippen molar-refractivity contribution in [1.29, 1.82) is 0 Å². The van der Waals surface area contributed by atoms with Gasteiger partial charge in [0.15, 0.2) is 9.84 Å². The van der Waals surface area contributed by atoms with E-state index in [2.05, 4.69) is 5.32 Å². The molecule has 2 N–H and O–H groups in total. The summed E-state index contributed by atoms with van der Waals surface area (Å²) in [7, 11) is -2.87. The van der Waals surface area contributed by atoms with Crippen molar-refractivity contribution in [2.24, 2.45) is 17.8 Å². The maximum Gasteiger partial charge on any atom is 0.317 e. The van der Waals surface area contributed by atoms with E-state index < -0.39 is 9.84 Å². The Morgan fingerprint density at radius 3 is 2.45 bits per heavy atom. The lowest BCUT2D eigenvalue weighted by atomic mass is 10.0. The Kier molecular flexibility index (Phi) is 3.66. The zero-order valence-corrected chi connectivity index (χ0v) is 12.3. The number of fused-ring (bicyclic) bond motifs is 1. The third kappa shape index (κ3) is 2.93. The Morgan fingerprint density at radius 1 is 1.25 bits per heavy atom. The standard InChI is InChI=1S/C13H22N2O4S/c16-12-3-10-6-15(7-11(10)4-12)13(17)14-5-9-1-2-20(18,19)8-9/h9-12,16H,1-8H2,(H,14,17)/t9?,10-,11+,12?. The Balaban J connectivity index is 1.45. The number of carbonyl (C=O) groups excluding carboxylic acids is 1. The first-order valence-electron chi connectivity index (χ1n) is 7.34. The Hall–Kier alpha value is -0.820.